The molecule has 1 saturated heterocycles. The maximum Gasteiger partial charge on any atom is 0.159 e. The van der Waals surface area contributed by atoms with Gasteiger partial charge in [-0.05, 0) is 38.8 Å². The molecule has 0 unspecified atom stereocenters. The average molecular weight is 266 g/mol. The second-order valence-corrected chi connectivity index (χ2v) is 5.94. The van der Waals surface area contributed by atoms with Gasteiger partial charge in [0.15, 0.2) is 5.78 Å². The van der Waals surface area contributed by atoms with E-state index in [0.717, 1.165) is 30.9 Å². The van der Waals surface area contributed by atoms with Crippen LogP contribution in [0.1, 0.15) is 44.5 Å². The van der Waals surface area contributed by atoms with Crippen molar-refractivity contribution in [3.8, 4) is 0 Å². The van der Waals surface area contributed by atoms with Gasteiger partial charge in [-0.15, -0.1) is 11.3 Å². The van der Waals surface area contributed by atoms with Crippen LogP contribution in [-0.2, 0) is 11.2 Å². The van der Waals surface area contributed by atoms with Gasteiger partial charge in [0.05, 0.1) is 17.0 Å². The van der Waals surface area contributed by atoms with Gasteiger partial charge in [-0.25, -0.2) is 4.98 Å². The largest absolute Gasteiger partial charge is 0.297 e. The zero-order valence-electron chi connectivity index (χ0n) is 11.3. The summed E-state index contributed by atoms with van der Waals surface area (Å²) in [5.74, 6) is 0.351. The molecular weight excluding hydrogens is 244 g/mol. The zero-order valence-corrected chi connectivity index (χ0v) is 12.1. The minimum absolute atomic E-state index is 0.248. The molecule has 0 N–H and O–H groups in total. The van der Waals surface area contributed by atoms with Crippen LogP contribution in [0.5, 0.6) is 0 Å². The van der Waals surface area contributed by atoms with E-state index in [1.165, 1.54) is 12.8 Å². The normalized spacial score (nSPS) is 17.2. The lowest BCUT2D eigenvalue weighted by molar-refractivity contribution is -0.130. The Bertz CT molecular complexity index is 379. The number of aromatic nitrogens is 1. The molecule has 0 radical (unpaired) electrons. The lowest BCUT2D eigenvalue weighted by Gasteiger charge is -2.39. The van der Waals surface area contributed by atoms with Crippen LogP contribution >= 0.6 is 11.3 Å². The van der Waals surface area contributed by atoms with E-state index in [9.17, 15) is 4.79 Å². The summed E-state index contributed by atoms with van der Waals surface area (Å²) in [5.41, 5.74) is -0.248. The summed E-state index contributed by atoms with van der Waals surface area (Å²) in [6, 6.07) is 0. The smallest absolute Gasteiger partial charge is 0.159 e. The molecule has 18 heavy (non-hydrogen) atoms. The third-order valence-electron chi connectivity index (χ3n) is 4.20. The first-order valence-corrected chi connectivity index (χ1v) is 7.77. The molecule has 0 spiro atoms. The van der Waals surface area contributed by atoms with Gasteiger partial charge in [0, 0.05) is 11.6 Å². The SMILES string of the molecule is CCC(CC)(C(=O)Cc1nccs1)N1CCCC1. The van der Waals surface area contributed by atoms with Crippen molar-refractivity contribution in [1.82, 2.24) is 9.88 Å². The highest BCUT2D eigenvalue weighted by Crippen LogP contribution is 2.30. The van der Waals surface area contributed by atoms with Crippen LogP contribution in [0, 0.1) is 0 Å². The van der Waals surface area contributed by atoms with Gasteiger partial charge in [0.2, 0.25) is 0 Å². The van der Waals surface area contributed by atoms with Crippen LogP contribution < -0.4 is 0 Å². The van der Waals surface area contributed by atoms with Gasteiger partial charge >= 0.3 is 0 Å². The Labute approximate surface area is 113 Å². The number of hydrogen-bond acceptors (Lipinski definition) is 4. The third-order valence-corrected chi connectivity index (χ3v) is 4.98. The van der Waals surface area contributed by atoms with E-state index in [2.05, 4.69) is 23.7 Å². The fraction of sp³-hybridized carbons (Fsp3) is 0.714. The monoisotopic (exact) mass is 266 g/mol. The van der Waals surface area contributed by atoms with Gasteiger partial charge in [-0.1, -0.05) is 13.8 Å². The summed E-state index contributed by atoms with van der Waals surface area (Å²) in [4.78, 5) is 19.4. The minimum atomic E-state index is -0.248. The second kappa shape index (κ2) is 5.93. The highest BCUT2D eigenvalue weighted by molar-refractivity contribution is 7.09. The first kappa shape index (κ1) is 13.7. The van der Waals surface area contributed by atoms with Crippen molar-refractivity contribution in [2.45, 2.75) is 51.5 Å². The topological polar surface area (TPSA) is 33.2 Å². The summed E-state index contributed by atoms with van der Waals surface area (Å²) in [7, 11) is 0. The molecule has 1 aliphatic heterocycles. The first-order chi connectivity index (χ1) is 8.73. The lowest BCUT2D eigenvalue weighted by Crippen LogP contribution is -2.53. The average Bonchev–Trinajstić information content (AvgIpc) is 3.04. The van der Waals surface area contributed by atoms with Crippen molar-refractivity contribution in [3.05, 3.63) is 16.6 Å². The number of Topliss-reactive ketones (excluding diaryl/α,β-unsaturated/α-hetero) is 1. The number of likely N-dealkylation sites (tertiary alicyclic amines) is 1. The van der Waals surface area contributed by atoms with E-state index in [1.54, 1.807) is 17.5 Å². The molecular formula is C14H22N2OS. The Morgan fingerprint density at radius 3 is 2.56 bits per heavy atom. The van der Waals surface area contributed by atoms with Crippen molar-refractivity contribution in [3.63, 3.8) is 0 Å². The number of hydrogen-bond donors (Lipinski definition) is 0. The van der Waals surface area contributed by atoms with E-state index in [-0.39, 0.29) is 5.54 Å². The third kappa shape index (κ3) is 2.50. The molecule has 0 amide bonds. The lowest BCUT2D eigenvalue weighted by atomic mass is 9.84. The Morgan fingerprint density at radius 2 is 2.06 bits per heavy atom. The molecule has 3 nitrogen and oxygen atoms in total. The predicted molar refractivity (Wildman–Crippen MR) is 74.9 cm³/mol. The molecule has 1 aromatic heterocycles. The van der Waals surface area contributed by atoms with Crippen LogP contribution in [0.2, 0.25) is 0 Å². The van der Waals surface area contributed by atoms with Crippen LogP contribution in [0.4, 0.5) is 0 Å². The highest BCUT2D eigenvalue weighted by atomic mass is 32.1. The van der Waals surface area contributed by atoms with E-state index in [4.69, 9.17) is 0 Å². The molecule has 1 fully saturated rings. The van der Waals surface area contributed by atoms with Crippen molar-refractivity contribution >= 4 is 17.1 Å². The molecule has 1 aromatic rings. The Balaban J connectivity index is 2.15. The van der Waals surface area contributed by atoms with E-state index in [0.29, 0.717) is 12.2 Å². The summed E-state index contributed by atoms with van der Waals surface area (Å²) in [5, 5.41) is 2.89. The molecule has 0 saturated carbocycles. The standard InChI is InChI=1S/C14H22N2OS/c1-3-14(4-2,16-8-5-6-9-16)12(17)11-13-15-7-10-18-13/h7,10H,3-6,8-9,11H2,1-2H3. The summed E-state index contributed by atoms with van der Waals surface area (Å²) in [6.45, 7) is 6.43. The van der Waals surface area contributed by atoms with E-state index >= 15 is 0 Å². The fourth-order valence-corrected chi connectivity index (χ4v) is 3.67. The van der Waals surface area contributed by atoms with Gasteiger partial charge < -0.3 is 0 Å². The fourth-order valence-electron chi connectivity index (χ4n) is 3.06. The molecule has 0 bridgehead atoms. The highest BCUT2D eigenvalue weighted by Gasteiger charge is 2.41. The molecule has 0 aliphatic carbocycles. The van der Waals surface area contributed by atoms with Gasteiger partial charge in [-0.3, -0.25) is 9.69 Å². The van der Waals surface area contributed by atoms with Gasteiger partial charge in [0.25, 0.3) is 0 Å². The number of ketones is 1. The van der Waals surface area contributed by atoms with Crippen molar-refractivity contribution in [2.75, 3.05) is 13.1 Å². The quantitative estimate of drug-likeness (QED) is 0.794. The molecule has 2 heterocycles. The zero-order chi connectivity index (χ0) is 13.0. The summed E-state index contributed by atoms with van der Waals surface area (Å²) in [6.07, 6.45) is 6.55. The Morgan fingerprint density at radius 1 is 1.39 bits per heavy atom. The molecule has 100 valence electrons. The van der Waals surface area contributed by atoms with Crippen LogP contribution in [0.3, 0.4) is 0 Å². The number of carbonyl (C=O) groups excluding carboxylic acids is 1. The van der Waals surface area contributed by atoms with Crippen LogP contribution in [0.25, 0.3) is 0 Å². The maximum atomic E-state index is 12.7. The van der Waals surface area contributed by atoms with E-state index in [1.807, 2.05) is 5.38 Å². The summed E-state index contributed by atoms with van der Waals surface area (Å²) < 4.78 is 0. The van der Waals surface area contributed by atoms with Crippen molar-refractivity contribution in [2.24, 2.45) is 0 Å². The predicted octanol–water partition coefficient (Wildman–Crippen LogP) is 2.91. The molecule has 0 atom stereocenters. The van der Waals surface area contributed by atoms with E-state index < -0.39 is 0 Å². The van der Waals surface area contributed by atoms with Crippen molar-refractivity contribution in [1.29, 1.82) is 0 Å². The maximum absolute atomic E-state index is 12.7. The van der Waals surface area contributed by atoms with Crippen LogP contribution in [0.15, 0.2) is 11.6 Å². The summed E-state index contributed by atoms with van der Waals surface area (Å²) >= 11 is 1.58. The van der Waals surface area contributed by atoms with Gasteiger partial charge in [-0.2, -0.15) is 0 Å². The van der Waals surface area contributed by atoms with Crippen molar-refractivity contribution < 1.29 is 4.79 Å². The first-order valence-electron chi connectivity index (χ1n) is 6.89. The van der Waals surface area contributed by atoms with Crippen LogP contribution in [-0.4, -0.2) is 34.3 Å². The Kier molecular flexibility index (Phi) is 4.51. The molecule has 4 heteroatoms. The Hall–Kier alpha value is -0.740. The number of carbonyl (C=O) groups is 1. The number of nitrogens with zero attached hydrogens (tertiary/aromatic N) is 2. The number of rotatable bonds is 6. The molecule has 1 aliphatic rings. The molecule has 0 aromatic carbocycles. The molecule has 2 rings (SSSR count). The van der Waals surface area contributed by atoms with Gasteiger partial charge in [0.1, 0.15) is 0 Å². The minimum Gasteiger partial charge on any atom is -0.297 e. The number of thiazole rings is 1. The second-order valence-electron chi connectivity index (χ2n) is 4.96.